The zero-order valence-electron chi connectivity index (χ0n) is 12.7. The molecule has 2 rings (SSSR count). The molecule has 1 heterocycles. The van der Waals surface area contributed by atoms with Gasteiger partial charge in [-0.25, -0.2) is 4.79 Å². The van der Waals surface area contributed by atoms with E-state index in [0.29, 0.717) is 17.3 Å². The molecule has 112 valence electrons. The molecule has 0 radical (unpaired) electrons. The van der Waals surface area contributed by atoms with Crippen molar-refractivity contribution < 1.29 is 9.53 Å². The number of aryl methyl sites for hydroxylation is 2. The molecule has 0 fully saturated rings. The highest BCUT2D eigenvalue weighted by molar-refractivity contribution is 6.30. The van der Waals surface area contributed by atoms with Gasteiger partial charge in [-0.15, -0.1) is 0 Å². The van der Waals surface area contributed by atoms with Gasteiger partial charge in [-0.05, 0) is 57.0 Å². The molecule has 0 aliphatic carbocycles. The van der Waals surface area contributed by atoms with Crippen LogP contribution in [0.3, 0.4) is 0 Å². The monoisotopic (exact) mass is 306 g/mol. The average Bonchev–Trinajstić information content (AvgIpc) is 2.83. The van der Waals surface area contributed by atoms with Crippen LogP contribution >= 0.6 is 11.6 Å². The molecule has 0 saturated carbocycles. The molecule has 1 aromatic heterocycles. The quantitative estimate of drug-likeness (QED) is 0.804. The molecule has 4 nitrogen and oxygen atoms in total. The summed E-state index contributed by atoms with van der Waals surface area (Å²) in [5.74, 6) is -0.394. The number of benzene rings is 1. The number of hydrogen-bond donors (Lipinski definition) is 0. The van der Waals surface area contributed by atoms with E-state index in [4.69, 9.17) is 16.3 Å². The van der Waals surface area contributed by atoms with Gasteiger partial charge in [-0.2, -0.15) is 5.10 Å². The molecular formula is C16H19ClN2O2. The van der Waals surface area contributed by atoms with Gasteiger partial charge in [0.05, 0.1) is 12.6 Å². The minimum Gasteiger partial charge on any atom is -0.461 e. The first kappa shape index (κ1) is 15.6. The van der Waals surface area contributed by atoms with Crippen molar-refractivity contribution in [1.82, 2.24) is 9.78 Å². The smallest absolute Gasteiger partial charge is 0.358 e. The van der Waals surface area contributed by atoms with E-state index in [9.17, 15) is 4.79 Å². The summed E-state index contributed by atoms with van der Waals surface area (Å²) in [7, 11) is 0. The third-order valence-electron chi connectivity index (χ3n) is 3.47. The minimum atomic E-state index is -0.394. The van der Waals surface area contributed by atoms with E-state index in [0.717, 1.165) is 16.8 Å². The standard InChI is InChI=1S/C16H19ClN2O2/c1-5-21-16(20)15-8-11(3)19(18-15)12(4)14-9-13(17)7-6-10(14)2/h6-9,12H,5H2,1-4H3. The van der Waals surface area contributed by atoms with E-state index in [1.165, 1.54) is 0 Å². The Kier molecular flexibility index (Phi) is 4.68. The Morgan fingerprint density at radius 3 is 2.76 bits per heavy atom. The van der Waals surface area contributed by atoms with Crippen LogP contribution in [0.1, 0.15) is 47.2 Å². The normalized spacial score (nSPS) is 12.2. The maximum Gasteiger partial charge on any atom is 0.358 e. The summed E-state index contributed by atoms with van der Waals surface area (Å²) in [6, 6.07) is 7.53. The number of nitrogens with zero attached hydrogens (tertiary/aromatic N) is 2. The van der Waals surface area contributed by atoms with Gasteiger partial charge in [0.15, 0.2) is 5.69 Å². The Morgan fingerprint density at radius 1 is 1.38 bits per heavy atom. The van der Waals surface area contributed by atoms with Gasteiger partial charge in [0, 0.05) is 10.7 Å². The fraction of sp³-hybridized carbons (Fsp3) is 0.375. The van der Waals surface area contributed by atoms with Crippen molar-refractivity contribution in [1.29, 1.82) is 0 Å². The third kappa shape index (κ3) is 3.27. The van der Waals surface area contributed by atoms with Gasteiger partial charge in [-0.3, -0.25) is 4.68 Å². The second kappa shape index (κ2) is 6.31. The zero-order valence-corrected chi connectivity index (χ0v) is 13.4. The summed E-state index contributed by atoms with van der Waals surface area (Å²) in [4.78, 5) is 11.8. The lowest BCUT2D eigenvalue weighted by Crippen LogP contribution is -2.13. The first-order valence-electron chi connectivity index (χ1n) is 6.93. The fourth-order valence-electron chi connectivity index (χ4n) is 2.38. The fourth-order valence-corrected chi connectivity index (χ4v) is 2.56. The Hall–Kier alpha value is -1.81. The number of hydrogen-bond acceptors (Lipinski definition) is 3. The van der Waals surface area contributed by atoms with E-state index in [-0.39, 0.29) is 6.04 Å². The summed E-state index contributed by atoms with van der Waals surface area (Å²) in [5.41, 5.74) is 3.47. The Balaban J connectivity index is 2.37. The maximum atomic E-state index is 11.8. The summed E-state index contributed by atoms with van der Waals surface area (Å²) in [6.07, 6.45) is 0. The van der Waals surface area contributed by atoms with Gasteiger partial charge >= 0.3 is 5.97 Å². The van der Waals surface area contributed by atoms with Crippen LogP contribution in [-0.4, -0.2) is 22.4 Å². The predicted molar refractivity (Wildman–Crippen MR) is 82.9 cm³/mol. The lowest BCUT2D eigenvalue weighted by Gasteiger charge is -2.17. The molecule has 0 saturated heterocycles. The van der Waals surface area contributed by atoms with Crippen LogP contribution in [0.2, 0.25) is 5.02 Å². The number of ether oxygens (including phenoxy) is 1. The first-order chi connectivity index (χ1) is 9.93. The van der Waals surface area contributed by atoms with E-state index < -0.39 is 5.97 Å². The highest BCUT2D eigenvalue weighted by Gasteiger charge is 2.18. The van der Waals surface area contributed by atoms with Crippen molar-refractivity contribution in [3.63, 3.8) is 0 Å². The number of esters is 1. The van der Waals surface area contributed by atoms with E-state index in [1.54, 1.807) is 13.0 Å². The van der Waals surface area contributed by atoms with E-state index >= 15 is 0 Å². The second-order valence-electron chi connectivity index (χ2n) is 5.01. The van der Waals surface area contributed by atoms with Crippen LogP contribution in [0, 0.1) is 13.8 Å². The number of rotatable bonds is 4. The Bertz CT molecular complexity index is 664. The molecule has 0 bridgehead atoms. The van der Waals surface area contributed by atoms with Gasteiger partial charge in [0.1, 0.15) is 0 Å². The molecule has 0 N–H and O–H groups in total. The molecule has 0 spiro atoms. The van der Waals surface area contributed by atoms with Crippen LogP contribution in [0.4, 0.5) is 0 Å². The van der Waals surface area contributed by atoms with Crippen LogP contribution in [0.25, 0.3) is 0 Å². The van der Waals surface area contributed by atoms with Crippen LogP contribution in [-0.2, 0) is 4.74 Å². The molecule has 1 unspecified atom stereocenters. The lowest BCUT2D eigenvalue weighted by molar-refractivity contribution is 0.0518. The Labute approximate surface area is 129 Å². The molecule has 0 amide bonds. The largest absolute Gasteiger partial charge is 0.461 e. The predicted octanol–water partition coefficient (Wildman–Crippen LogP) is 3.94. The minimum absolute atomic E-state index is 0.00752. The molecule has 5 heteroatoms. The van der Waals surface area contributed by atoms with Gasteiger partial charge in [0.2, 0.25) is 0 Å². The molecular weight excluding hydrogens is 288 g/mol. The molecule has 21 heavy (non-hydrogen) atoms. The summed E-state index contributed by atoms with van der Waals surface area (Å²) in [5, 5.41) is 5.07. The van der Waals surface area contributed by atoms with Gasteiger partial charge in [0.25, 0.3) is 0 Å². The molecule has 0 aliphatic rings. The highest BCUT2D eigenvalue weighted by Crippen LogP contribution is 2.25. The van der Waals surface area contributed by atoms with Crippen molar-refractivity contribution in [2.75, 3.05) is 6.61 Å². The molecule has 1 atom stereocenters. The number of carbonyl (C=O) groups is 1. The molecule has 0 aliphatic heterocycles. The topological polar surface area (TPSA) is 44.1 Å². The lowest BCUT2D eigenvalue weighted by atomic mass is 10.0. The maximum absolute atomic E-state index is 11.8. The van der Waals surface area contributed by atoms with E-state index in [1.807, 2.05) is 43.7 Å². The second-order valence-corrected chi connectivity index (χ2v) is 5.45. The van der Waals surface area contributed by atoms with Crippen molar-refractivity contribution in [3.8, 4) is 0 Å². The SMILES string of the molecule is CCOC(=O)c1cc(C)n(C(C)c2cc(Cl)ccc2C)n1. The highest BCUT2D eigenvalue weighted by atomic mass is 35.5. The van der Waals surface area contributed by atoms with E-state index in [2.05, 4.69) is 5.10 Å². The van der Waals surface area contributed by atoms with Gasteiger partial charge in [-0.1, -0.05) is 17.7 Å². The van der Waals surface area contributed by atoms with Crippen molar-refractivity contribution in [3.05, 3.63) is 51.8 Å². The summed E-state index contributed by atoms with van der Waals surface area (Å²) >= 11 is 6.08. The zero-order chi connectivity index (χ0) is 15.6. The van der Waals surface area contributed by atoms with Crippen molar-refractivity contribution in [2.24, 2.45) is 0 Å². The average molecular weight is 307 g/mol. The van der Waals surface area contributed by atoms with Crippen molar-refractivity contribution >= 4 is 17.6 Å². The van der Waals surface area contributed by atoms with Crippen LogP contribution < -0.4 is 0 Å². The molecule has 2 aromatic rings. The third-order valence-corrected chi connectivity index (χ3v) is 3.70. The summed E-state index contributed by atoms with van der Waals surface area (Å²) < 4.78 is 6.81. The number of aromatic nitrogens is 2. The van der Waals surface area contributed by atoms with Crippen molar-refractivity contribution in [2.45, 2.75) is 33.7 Å². The number of halogens is 1. The first-order valence-corrected chi connectivity index (χ1v) is 7.31. The Morgan fingerprint density at radius 2 is 2.10 bits per heavy atom. The number of carbonyl (C=O) groups excluding carboxylic acids is 1. The van der Waals surface area contributed by atoms with Crippen LogP contribution in [0.15, 0.2) is 24.3 Å². The van der Waals surface area contributed by atoms with Crippen LogP contribution in [0.5, 0.6) is 0 Å². The summed E-state index contributed by atoms with van der Waals surface area (Å²) in [6.45, 7) is 8.11. The van der Waals surface area contributed by atoms with Gasteiger partial charge < -0.3 is 4.74 Å². The molecule has 1 aromatic carbocycles.